The van der Waals surface area contributed by atoms with Crippen LogP contribution in [0.5, 0.6) is 0 Å². The lowest BCUT2D eigenvalue weighted by Gasteiger charge is -2.31. The standard InChI is InChI=1S/C34H44N6O5/c1-33(2,3)45-32(44)38-34(4,5)31(43)36-26(19-18-24-13-8-6-9-14-24)30(42)37-29-21-39(23-35-29)28(22-41)27-17-12-20-40(27)25-15-10-7-11-16-25/h6-11,13-16,21-23,26-28H,12,17-20H2,1-5H3,(H,36,43)(H,37,42)(H,38,44)/t26-,27?,28?/m1/s1. The number of nitrogens with one attached hydrogen (secondary N) is 3. The first-order valence-electron chi connectivity index (χ1n) is 15.3. The fraction of sp³-hybridized carbons (Fsp3) is 0.441. The van der Waals surface area contributed by atoms with E-state index in [1.165, 1.54) is 0 Å². The smallest absolute Gasteiger partial charge is 0.408 e. The molecule has 0 saturated carbocycles. The molecule has 11 heteroatoms. The molecule has 1 saturated heterocycles. The Morgan fingerprint density at radius 1 is 1.02 bits per heavy atom. The summed E-state index contributed by atoms with van der Waals surface area (Å²) in [5.74, 6) is -0.747. The zero-order valence-corrected chi connectivity index (χ0v) is 26.7. The topological polar surface area (TPSA) is 135 Å². The summed E-state index contributed by atoms with van der Waals surface area (Å²) in [6.45, 7) is 9.13. The number of nitrogens with zero attached hydrogens (tertiary/aromatic N) is 3. The Labute approximate surface area is 264 Å². The summed E-state index contributed by atoms with van der Waals surface area (Å²) in [6.07, 6.45) is 6.00. The van der Waals surface area contributed by atoms with Gasteiger partial charge < -0.3 is 34.9 Å². The SMILES string of the molecule is CC(C)(C)OC(=O)NC(C)(C)C(=O)N[C@H](CCc1ccccc1)C(=O)Nc1cn(C(C=O)C2CCCN2c2ccccc2)cn1. The van der Waals surface area contributed by atoms with Crippen molar-refractivity contribution in [2.45, 2.75) is 89.6 Å². The minimum absolute atomic E-state index is 0.0553. The van der Waals surface area contributed by atoms with Gasteiger partial charge in [-0.25, -0.2) is 9.78 Å². The highest BCUT2D eigenvalue weighted by molar-refractivity contribution is 5.98. The largest absolute Gasteiger partial charge is 0.444 e. The summed E-state index contributed by atoms with van der Waals surface area (Å²) < 4.78 is 7.03. The van der Waals surface area contributed by atoms with E-state index in [9.17, 15) is 19.2 Å². The zero-order chi connectivity index (χ0) is 32.6. The molecule has 3 aromatic rings. The van der Waals surface area contributed by atoms with Gasteiger partial charge in [-0.05, 0) is 78.0 Å². The Kier molecular flexibility index (Phi) is 10.6. The minimum Gasteiger partial charge on any atom is -0.444 e. The molecule has 1 aliphatic rings. The molecule has 1 aliphatic heterocycles. The van der Waals surface area contributed by atoms with Crippen LogP contribution in [0.1, 0.15) is 65.5 Å². The minimum atomic E-state index is -1.36. The van der Waals surface area contributed by atoms with Crippen LogP contribution in [0.15, 0.2) is 73.2 Å². The molecule has 0 radical (unpaired) electrons. The maximum Gasteiger partial charge on any atom is 0.408 e. The molecule has 3 N–H and O–H groups in total. The second kappa shape index (κ2) is 14.4. The van der Waals surface area contributed by atoms with Gasteiger partial charge >= 0.3 is 6.09 Å². The van der Waals surface area contributed by atoms with E-state index >= 15 is 0 Å². The molecule has 0 spiro atoms. The molecule has 45 heavy (non-hydrogen) atoms. The van der Waals surface area contributed by atoms with E-state index in [0.717, 1.165) is 36.9 Å². The fourth-order valence-electron chi connectivity index (χ4n) is 5.40. The predicted octanol–water partition coefficient (Wildman–Crippen LogP) is 4.65. The van der Waals surface area contributed by atoms with Crippen molar-refractivity contribution >= 4 is 35.7 Å². The van der Waals surface area contributed by atoms with Crippen molar-refractivity contribution in [3.8, 4) is 0 Å². The van der Waals surface area contributed by atoms with Gasteiger partial charge in [0.15, 0.2) is 5.82 Å². The normalized spacial score (nSPS) is 16.4. The number of hydrogen-bond donors (Lipinski definition) is 3. The highest BCUT2D eigenvalue weighted by atomic mass is 16.6. The Morgan fingerprint density at radius 2 is 1.69 bits per heavy atom. The van der Waals surface area contributed by atoms with Gasteiger partial charge in [0.1, 0.15) is 29.5 Å². The maximum absolute atomic E-state index is 13.6. The molecule has 2 aromatic carbocycles. The van der Waals surface area contributed by atoms with Crippen LogP contribution in [0, 0.1) is 0 Å². The number of amides is 3. The van der Waals surface area contributed by atoms with Gasteiger partial charge in [0.2, 0.25) is 11.8 Å². The first kappa shape index (κ1) is 33.2. The van der Waals surface area contributed by atoms with Gasteiger partial charge in [0, 0.05) is 18.4 Å². The first-order valence-corrected chi connectivity index (χ1v) is 15.3. The van der Waals surface area contributed by atoms with Crippen LogP contribution in [-0.2, 0) is 25.5 Å². The van der Waals surface area contributed by atoms with Gasteiger partial charge in [-0.1, -0.05) is 48.5 Å². The maximum atomic E-state index is 13.6. The number of anilines is 2. The van der Waals surface area contributed by atoms with Gasteiger partial charge in [-0.15, -0.1) is 0 Å². The molecule has 0 aliphatic carbocycles. The molecule has 1 fully saturated rings. The molecule has 2 heterocycles. The van der Waals surface area contributed by atoms with Crippen molar-refractivity contribution < 1.29 is 23.9 Å². The average molecular weight is 617 g/mol. The van der Waals surface area contributed by atoms with Crippen molar-refractivity contribution in [1.82, 2.24) is 20.2 Å². The van der Waals surface area contributed by atoms with E-state index in [4.69, 9.17) is 4.74 Å². The number of carbonyl (C=O) groups excluding carboxylic acids is 4. The Morgan fingerprint density at radius 3 is 2.33 bits per heavy atom. The summed E-state index contributed by atoms with van der Waals surface area (Å²) >= 11 is 0. The molecule has 240 valence electrons. The number of carbonyl (C=O) groups is 4. The van der Waals surface area contributed by atoms with Crippen molar-refractivity contribution in [3.63, 3.8) is 0 Å². The molecular formula is C34H44N6O5. The van der Waals surface area contributed by atoms with Crippen molar-refractivity contribution in [2.75, 3.05) is 16.8 Å². The number of aldehydes is 1. The third kappa shape index (κ3) is 9.17. The lowest BCUT2D eigenvalue weighted by Crippen LogP contribution is -2.59. The third-order valence-electron chi connectivity index (χ3n) is 7.69. The van der Waals surface area contributed by atoms with Crippen LogP contribution in [0.25, 0.3) is 0 Å². The number of para-hydroxylation sites is 1. The zero-order valence-electron chi connectivity index (χ0n) is 26.7. The van der Waals surface area contributed by atoms with Crippen molar-refractivity contribution in [3.05, 3.63) is 78.8 Å². The van der Waals surface area contributed by atoms with Gasteiger partial charge in [0.05, 0.1) is 12.4 Å². The average Bonchev–Trinajstić information content (AvgIpc) is 3.65. The molecule has 1 aromatic heterocycles. The monoisotopic (exact) mass is 616 g/mol. The second-order valence-corrected chi connectivity index (χ2v) is 12.9. The summed E-state index contributed by atoms with van der Waals surface area (Å²) in [5, 5.41) is 8.21. The Balaban J connectivity index is 1.47. The van der Waals surface area contributed by atoms with E-state index in [-0.39, 0.29) is 11.9 Å². The highest BCUT2D eigenvalue weighted by Gasteiger charge is 2.35. The number of alkyl carbamates (subject to hydrolysis) is 1. The van der Waals surface area contributed by atoms with E-state index in [0.29, 0.717) is 12.8 Å². The number of hydrogen-bond acceptors (Lipinski definition) is 7. The number of imidazole rings is 1. The Bertz CT molecular complexity index is 1450. The van der Waals surface area contributed by atoms with Gasteiger partial charge in [0.25, 0.3) is 0 Å². The summed E-state index contributed by atoms with van der Waals surface area (Å²) in [5.41, 5.74) is -0.0356. The summed E-state index contributed by atoms with van der Waals surface area (Å²) in [6, 6.07) is 18.1. The van der Waals surface area contributed by atoms with Crippen molar-refractivity contribution in [1.29, 1.82) is 0 Å². The predicted molar refractivity (Wildman–Crippen MR) is 173 cm³/mol. The number of aromatic nitrogens is 2. The molecule has 11 nitrogen and oxygen atoms in total. The van der Waals surface area contributed by atoms with Crippen LogP contribution in [0.4, 0.5) is 16.3 Å². The molecular weight excluding hydrogens is 572 g/mol. The number of rotatable bonds is 12. The fourth-order valence-corrected chi connectivity index (χ4v) is 5.40. The number of benzene rings is 2. The highest BCUT2D eigenvalue weighted by Crippen LogP contribution is 2.31. The summed E-state index contributed by atoms with van der Waals surface area (Å²) in [4.78, 5) is 58.3. The van der Waals surface area contributed by atoms with Gasteiger partial charge in [-0.3, -0.25) is 9.59 Å². The number of aryl methyl sites for hydroxylation is 1. The van der Waals surface area contributed by atoms with Crippen LogP contribution in [-0.4, -0.2) is 63.5 Å². The molecule has 2 unspecified atom stereocenters. The lowest BCUT2D eigenvalue weighted by molar-refractivity contribution is -0.130. The summed E-state index contributed by atoms with van der Waals surface area (Å²) in [7, 11) is 0. The first-order chi connectivity index (χ1) is 21.4. The quantitative estimate of drug-likeness (QED) is 0.252. The third-order valence-corrected chi connectivity index (χ3v) is 7.69. The molecule has 3 atom stereocenters. The van der Waals surface area contributed by atoms with E-state index in [1.54, 1.807) is 51.7 Å². The van der Waals surface area contributed by atoms with Crippen LogP contribution >= 0.6 is 0 Å². The molecule has 4 rings (SSSR count). The second-order valence-electron chi connectivity index (χ2n) is 12.9. The molecule has 3 amide bonds. The lowest BCUT2D eigenvalue weighted by atomic mass is 10.0. The molecule has 0 bridgehead atoms. The Hall–Kier alpha value is -4.67. The van der Waals surface area contributed by atoms with Crippen LogP contribution in [0.2, 0.25) is 0 Å². The van der Waals surface area contributed by atoms with E-state index in [1.807, 2.05) is 60.7 Å². The van der Waals surface area contributed by atoms with Crippen molar-refractivity contribution in [2.24, 2.45) is 0 Å². The van der Waals surface area contributed by atoms with Crippen LogP contribution in [0.3, 0.4) is 0 Å². The van der Waals surface area contributed by atoms with Gasteiger partial charge in [-0.2, -0.15) is 0 Å². The number of ether oxygens (including phenoxy) is 1. The van der Waals surface area contributed by atoms with E-state index in [2.05, 4.69) is 25.8 Å². The van der Waals surface area contributed by atoms with E-state index < -0.39 is 41.1 Å². The van der Waals surface area contributed by atoms with Crippen LogP contribution < -0.4 is 20.9 Å².